The Kier molecular flexibility index (Phi) is 5.18. The van der Waals surface area contributed by atoms with Crippen molar-refractivity contribution in [3.8, 4) is 6.07 Å². The van der Waals surface area contributed by atoms with Crippen molar-refractivity contribution in [3.05, 3.63) is 23.3 Å². The monoisotopic (exact) mass is 476 g/mol. The quantitative estimate of drug-likeness (QED) is 0.547. The first-order chi connectivity index (χ1) is 16.3. The first-order valence-corrected chi connectivity index (χ1v) is 13.4. The number of fused-ring (bicyclic) bond motifs is 7. The summed E-state index contributed by atoms with van der Waals surface area (Å²) in [6.45, 7) is 13.4. The molecule has 0 spiro atoms. The SMILES string of the molecule is C[C@@H]1C(=O)C(C#N)=C[C@]2(C)C3=CC(=O)C4C5CC(C)(C)CC[C@]5(NC=O)CC[C@@]4(C)[C@]3(C)CCC12. The number of nitrogens with zero attached hydrogens (tertiary/aromatic N) is 1. The van der Waals surface area contributed by atoms with E-state index in [1.807, 2.05) is 19.1 Å². The fourth-order valence-electron chi connectivity index (χ4n) is 9.62. The maximum absolute atomic E-state index is 14.2. The van der Waals surface area contributed by atoms with Gasteiger partial charge in [-0.1, -0.05) is 53.2 Å². The van der Waals surface area contributed by atoms with Crippen molar-refractivity contribution < 1.29 is 14.4 Å². The molecule has 5 heteroatoms. The van der Waals surface area contributed by atoms with Gasteiger partial charge < -0.3 is 5.32 Å². The molecule has 0 radical (unpaired) electrons. The second-order valence-corrected chi connectivity index (χ2v) is 13.8. The molecule has 0 bridgehead atoms. The first-order valence-electron chi connectivity index (χ1n) is 13.4. The second-order valence-electron chi connectivity index (χ2n) is 13.8. The number of carbonyl (C=O) groups is 3. The number of ketones is 2. The summed E-state index contributed by atoms with van der Waals surface area (Å²) in [7, 11) is 0. The average Bonchev–Trinajstić information content (AvgIpc) is 2.79. The van der Waals surface area contributed by atoms with Crippen LogP contribution in [0.1, 0.15) is 86.5 Å². The van der Waals surface area contributed by atoms with Gasteiger partial charge in [0.1, 0.15) is 6.07 Å². The number of amides is 1. The highest BCUT2D eigenvalue weighted by molar-refractivity contribution is 6.02. The highest BCUT2D eigenvalue weighted by Crippen LogP contribution is 2.72. The summed E-state index contributed by atoms with van der Waals surface area (Å²) in [6.07, 6.45) is 11.2. The molecule has 3 unspecified atom stereocenters. The van der Waals surface area contributed by atoms with Crippen LogP contribution >= 0.6 is 0 Å². The fourth-order valence-corrected chi connectivity index (χ4v) is 9.62. The Morgan fingerprint density at radius 2 is 1.71 bits per heavy atom. The number of allylic oxidation sites excluding steroid dienone is 4. The normalized spacial score (nSPS) is 48.1. The summed E-state index contributed by atoms with van der Waals surface area (Å²) in [5, 5.41) is 13.0. The van der Waals surface area contributed by atoms with E-state index in [2.05, 4.69) is 46.0 Å². The van der Waals surface area contributed by atoms with Crippen LogP contribution in [0.3, 0.4) is 0 Å². The lowest BCUT2D eigenvalue weighted by atomic mass is 9.36. The maximum Gasteiger partial charge on any atom is 0.207 e. The van der Waals surface area contributed by atoms with Crippen LogP contribution in [-0.4, -0.2) is 23.5 Å². The summed E-state index contributed by atoms with van der Waals surface area (Å²) < 4.78 is 0. The van der Waals surface area contributed by atoms with Crippen molar-refractivity contribution in [2.45, 2.75) is 92.0 Å². The summed E-state index contributed by atoms with van der Waals surface area (Å²) in [5.74, 6) is -0.0257. The van der Waals surface area contributed by atoms with Crippen molar-refractivity contribution in [1.29, 1.82) is 5.26 Å². The van der Waals surface area contributed by atoms with Crippen molar-refractivity contribution in [3.63, 3.8) is 0 Å². The molecule has 1 amide bonds. The van der Waals surface area contributed by atoms with E-state index in [0.717, 1.165) is 56.9 Å². The summed E-state index contributed by atoms with van der Waals surface area (Å²) in [5.41, 5.74) is 0.282. The molecule has 5 rings (SSSR count). The number of rotatable bonds is 2. The predicted octanol–water partition coefficient (Wildman–Crippen LogP) is 5.31. The second kappa shape index (κ2) is 7.40. The van der Waals surface area contributed by atoms with E-state index in [-0.39, 0.29) is 62.6 Å². The minimum absolute atomic E-state index is 0.0581. The maximum atomic E-state index is 14.2. The highest BCUT2D eigenvalue weighted by Gasteiger charge is 2.69. The van der Waals surface area contributed by atoms with Crippen LogP contribution in [0, 0.1) is 56.7 Å². The number of nitrogens with one attached hydrogen (secondary N) is 1. The van der Waals surface area contributed by atoms with Crippen molar-refractivity contribution in [2.75, 3.05) is 0 Å². The van der Waals surface area contributed by atoms with E-state index in [1.165, 1.54) is 0 Å². The molecule has 188 valence electrons. The molecule has 8 atom stereocenters. The van der Waals surface area contributed by atoms with Gasteiger partial charge in [0, 0.05) is 22.8 Å². The van der Waals surface area contributed by atoms with E-state index in [4.69, 9.17) is 0 Å². The third kappa shape index (κ3) is 3.01. The zero-order valence-electron chi connectivity index (χ0n) is 22.2. The number of nitriles is 1. The molecule has 0 aromatic heterocycles. The van der Waals surface area contributed by atoms with Crippen LogP contribution in [0.5, 0.6) is 0 Å². The van der Waals surface area contributed by atoms with Gasteiger partial charge in [-0.2, -0.15) is 5.26 Å². The number of Topliss-reactive ketones (excluding diaryl/α,β-unsaturated/α-hetero) is 1. The van der Waals surface area contributed by atoms with Gasteiger partial charge in [-0.3, -0.25) is 14.4 Å². The van der Waals surface area contributed by atoms with Crippen LogP contribution in [0.2, 0.25) is 0 Å². The third-order valence-electron chi connectivity index (χ3n) is 11.9. The lowest BCUT2D eigenvalue weighted by Crippen LogP contribution is -2.68. The van der Waals surface area contributed by atoms with Gasteiger partial charge in [-0.15, -0.1) is 0 Å². The fraction of sp³-hybridized carbons (Fsp3) is 0.733. The Morgan fingerprint density at radius 3 is 2.37 bits per heavy atom. The topological polar surface area (TPSA) is 87.0 Å². The van der Waals surface area contributed by atoms with Crippen molar-refractivity contribution in [1.82, 2.24) is 5.32 Å². The molecule has 5 nitrogen and oxygen atoms in total. The molecule has 0 saturated heterocycles. The molecule has 3 fully saturated rings. The van der Waals surface area contributed by atoms with Gasteiger partial charge in [0.15, 0.2) is 11.6 Å². The minimum atomic E-state index is -0.476. The van der Waals surface area contributed by atoms with Gasteiger partial charge in [-0.25, -0.2) is 0 Å². The van der Waals surface area contributed by atoms with E-state index >= 15 is 0 Å². The van der Waals surface area contributed by atoms with Gasteiger partial charge in [-0.05, 0) is 79.1 Å². The smallest absolute Gasteiger partial charge is 0.207 e. The molecule has 3 saturated carbocycles. The Balaban J connectivity index is 1.68. The molecule has 0 aliphatic heterocycles. The number of hydrogen-bond acceptors (Lipinski definition) is 4. The summed E-state index contributed by atoms with van der Waals surface area (Å²) in [4.78, 5) is 38.8. The summed E-state index contributed by atoms with van der Waals surface area (Å²) >= 11 is 0. The highest BCUT2D eigenvalue weighted by atomic mass is 16.1. The number of hydrogen-bond donors (Lipinski definition) is 1. The first kappa shape index (κ1) is 24.5. The molecule has 0 heterocycles. The Morgan fingerprint density at radius 1 is 1.03 bits per heavy atom. The van der Waals surface area contributed by atoms with Crippen molar-refractivity contribution >= 4 is 18.0 Å². The van der Waals surface area contributed by atoms with Crippen LogP contribution in [0.15, 0.2) is 23.3 Å². The van der Waals surface area contributed by atoms with Crippen LogP contribution in [-0.2, 0) is 14.4 Å². The average molecular weight is 477 g/mol. The molecule has 5 aliphatic rings. The van der Waals surface area contributed by atoms with Crippen LogP contribution in [0.25, 0.3) is 0 Å². The zero-order valence-corrected chi connectivity index (χ0v) is 22.2. The molecular weight excluding hydrogens is 436 g/mol. The van der Waals surface area contributed by atoms with Crippen LogP contribution < -0.4 is 5.32 Å². The molecule has 0 aromatic carbocycles. The van der Waals surface area contributed by atoms with Gasteiger partial charge in [0.25, 0.3) is 0 Å². The largest absolute Gasteiger partial charge is 0.353 e. The van der Waals surface area contributed by atoms with Gasteiger partial charge in [0.05, 0.1) is 5.57 Å². The summed E-state index contributed by atoms with van der Waals surface area (Å²) in [6, 6.07) is 2.15. The predicted molar refractivity (Wildman–Crippen MR) is 134 cm³/mol. The Labute approximate surface area is 209 Å². The molecule has 5 aliphatic carbocycles. The van der Waals surface area contributed by atoms with E-state index in [9.17, 15) is 19.6 Å². The molecule has 35 heavy (non-hydrogen) atoms. The lowest BCUT2D eigenvalue weighted by Gasteiger charge is -2.68. The lowest BCUT2D eigenvalue weighted by molar-refractivity contribution is -0.160. The third-order valence-corrected chi connectivity index (χ3v) is 11.9. The van der Waals surface area contributed by atoms with Crippen LogP contribution in [0.4, 0.5) is 0 Å². The molecule has 0 aromatic rings. The van der Waals surface area contributed by atoms with E-state index in [1.54, 1.807) is 0 Å². The van der Waals surface area contributed by atoms with E-state index < -0.39 is 5.41 Å². The van der Waals surface area contributed by atoms with E-state index in [0.29, 0.717) is 0 Å². The standard InChI is InChI=1S/C30H40N2O3/c1-18-20-7-8-28(5)23(27(20,4)14-19(16-31)25(18)35)13-22(34)24-21-15-26(2,3)9-11-30(21,32-17-33)12-10-29(24,28)6/h13-14,17-18,20-21,24H,7-12,15H2,1-6H3,(H,32,33)/t18-,20?,21?,24?,27-,28+,29+,30-/m0/s1. The minimum Gasteiger partial charge on any atom is -0.353 e. The van der Waals surface area contributed by atoms with Gasteiger partial charge >= 0.3 is 0 Å². The molecule has 1 N–H and O–H groups in total. The zero-order chi connectivity index (χ0) is 25.6. The molecular formula is C30H40N2O3. The van der Waals surface area contributed by atoms with Gasteiger partial charge in [0.2, 0.25) is 6.41 Å². The van der Waals surface area contributed by atoms with Crippen molar-refractivity contribution in [2.24, 2.45) is 45.3 Å². The number of carbonyl (C=O) groups excluding carboxylic acids is 3. The Bertz CT molecular complexity index is 1110. The Hall–Kier alpha value is -2.22.